The second-order valence-corrected chi connectivity index (χ2v) is 9.31. The summed E-state index contributed by atoms with van der Waals surface area (Å²) in [5.74, 6) is -0.404. The third-order valence-corrected chi connectivity index (χ3v) is 6.55. The van der Waals surface area contributed by atoms with Crippen molar-refractivity contribution < 1.29 is 35.1 Å². The highest BCUT2D eigenvalue weighted by molar-refractivity contribution is 9.10. The van der Waals surface area contributed by atoms with E-state index in [0.29, 0.717) is 32.5 Å². The highest BCUT2D eigenvalue weighted by Gasteiger charge is 2.13. The third-order valence-electron chi connectivity index (χ3n) is 4.65. The maximum absolute atomic E-state index is 12.3. The van der Waals surface area contributed by atoms with E-state index >= 15 is 0 Å². The molecule has 3 rings (SSSR count). The fourth-order valence-corrected chi connectivity index (χ4v) is 4.27. The smallest absolute Gasteiger partial charge is 0.254 e. The van der Waals surface area contributed by atoms with Gasteiger partial charge in [-0.25, -0.2) is 0 Å². The van der Waals surface area contributed by atoms with E-state index < -0.39 is 40.5 Å². The number of alkyl halides is 1. The molecular formula is C28H35BrFN3O3S. The normalized spacial score (nSPS) is 16.6. The first-order chi connectivity index (χ1) is 22.5. The molecular weight excluding hydrogens is 557 g/mol. The first kappa shape index (κ1) is 17.0. The van der Waals surface area contributed by atoms with Crippen molar-refractivity contribution >= 4 is 39.3 Å². The quantitative estimate of drug-likeness (QED) is 0.214. The van der Waals surface area contributed by atoms with Gasteiger partial charge in [0.05, 0.1) is 26.0 Å². The summed E-state index contributed by atoms with van der Waals surface area (Å²) in [6, 6.07) is 16.5. The number of amides is 1. The molecule has 0 aliphatic carbocycles. The van der Waals surface area contributed by atoms with Crippen molar-refractivity contribution in [2.24, 2.45) is 0 Å². The number of carbonyl (C=O) groups is 1. The number of anilines is 1. The maximum atomic E-state index is 12.3. The summed E-state index contributed by atoms with van der Waals surface area (Å²) in [4.78, 5) is 14.0. The number of hydrogen-bond donors (Lipinski definition) is 1. The van der Waals surface area contributed by atoms with E-state index in [-0.39, 0.29) is 34.5 Å². The van der Waals surface area contributed by atoms with E-state index in [2.05, 4.69) is 15.9 Å². The molecule has 0 radical (unpaired) electrons. The lowest BCUT2D eigenvalue weighted by atomic mass is 10.2. The van der Waals surface area contributed by atoms with Crippen LogP contribution < -0.4 is 15.2 Å². The van der Waals surface area contributed by atoms with Gasteiger partial charge >= 0.3 is 0 Å². The molecule has 0 aliphatic rings. The molecule has 0 fully saturated rings. The Morgan fingerprint density at radius 2 is 1.81 bits per heavy atom. The molecule has 0 saturated heterocycles. The minimum Gasteiger partial charge on any atom is -0.497 e. The topological polar surface area (TPSA) is 68.0 Å². The van der Waals surface area contributed by atoms with Crippen molar-refractivity contribution in [3.63, 3.8) is 0 Å². The van der Waals surface area contributed by atoms with E-state index in [9.17, 15) is 9.18 Å². The van der Waals surface area contributed by atoms with E-state index in [1.807, 2.05) is 12.1 Å². The molecule has 0 bridgehead atoms. The molecule has 0 heterocycles. The fourth-order valence-electron chi connectivity index (χ4n) is 2.89. The lowest BCUT2D eigenvalue weighted by Crippen LogP contribution is -2.22. The molecule has 0 unspecified atom stereocenters. The third kappa shape index (κ3) is 9.91. The van der Waals surface area contributed by atoms with Crippen LogP contribution in [0.3, 0.4) is 0 Å². The molecule has 1 amide bonds. The van der Waals surface area contributed by atoms with Crippen LogP contribution >= 0.6 is 27.7 Å². The lowest BCUT2D eigenvalue weighted by Gasteiger charge is -2.16. The Hall–Kier alpha value is -2.75. The van der Waals surface area contributed by atoms with Crippen LogP contribution in [0.25, 0.3) is 0 Å². The molecule has 9 heteroatoms. The second kappa shape index (κ2) is 15.5. The van der Waals surface area contributed by atoms with Crippen LogP contribution in [0.4, 0.5) is 10.1 Å². The molecule has 0 aromatic heterocycles. The number of carbonyl (C=O) groups excluding carboxylic acids is 1. The van der Waals surface area contributed by atoms with Gasteiger partial charge in [-0.15, -0.1) is 0 Å². The van der Waals surface area contributed by atoms with Crippen molar-refractivity contribution in [1.29, 1.82) is 0 Å². The summed E-state index contributed by atoms with van der Waals surface area (Å²) < 4.78 is 112. The predicted molar refractivity (Wildman–Crippen MR) is 154 cm³/mol. The van der Waals surface area contributed by atoms with Gasteiger partial charge < -0.3 is 25.0 Å². The van der Waals surface area contributed by atoms with E-state index in [1.165, 1.54) is 31.0 Å². The predicted octanol–water partition coefficient (Wildman–Crippen LogP) is 6.38. The average Bonchev–Trinajstić information content (AvgIpc) is 2.96. The Kier molecular flexibility index (Phi) is 7.10. The highest BCUT2D eigenvalue weighted by atomic mass is 79.9. The number of methoxy groups -OCH3 is 1. The van der Waals surface area contributed by atoms with Crippen molar-refractivity contribution in [2.45, 2.75) is 22.8 Å². The Labute approximate surface area is 248 Å². The minimum atomic E-state index is -3.08. The van der Waals surface area contributed by atoms with Gasteiger partial charge in [0.2, 0.25) is 0 Å². The Balaban J connectivity index is 0.000000365. The second-order valence-electron chi connectivity index (χ2n) is 7.37. The minimum absolute atomic E-state index is 0.0977. The molecule has 200 valence electrons. The van der Waals surface area contributed by atoms with E-state index in [4.69, 9.17) is 31.7 Å². The molecule has 3 aromatic carbocycles. The van der Waals surface area contributed by atoms with Gasteiger partial charge in [0.15, 0.2) is 0 Å². The van der Waals surface area contributed by atoms with Crippen LogP contribution in [-0.4, -0.2) is 64.0 Å². The number of benzene rings is 3. The Morgan fingerprint density at radius 1 is 1.05 bits per heavy atom. The first-order valence-corrected chi connectivity index (χ1v) is 12.4. The van der Waals surface area contributed by atoms with Gasteiger partial charge in [0, 0.05) is 63.3 Å². The monoisotopic (exact) mass is 603 g/mol. The molecule has 0 saturated carbocycles. The number of nitrogens with zero attached hydrogens (tertiary/aromatic N) is 2. The van der Waals surface area contributed by atoms with Crippen LogP contribution in [0.2, 0.25) is 0 Å². The van der Waals surface area contributed by atoms with Crippen molar-refractivity contribution in [3.8, 4) is 11.5 Å². The molecule has 0 spiro atoms. The first-order valence-electron chi connectivity index (χ1n) is 16.8. The van der Waals surface area contributed by atoms with Gasteiger partial charge in [-0.2, -0.15) is 0 Å². The SMILES string of the molecule is [2H]C([2H])([2H])N(C(=O)c1cc(OC)ccc1Br)C([2H])([2H])[2H].[2H]C([2H])([2H])N(Cc1cc(OCCCF)ccc1Sc1ccccc1N)C([2H])([2H])[2H]. The van der Waals surface area contributed by atoms with Gasteiger partial charge in [-0.1, -0.05) is 23.9 Å². The molecule has 37 heavy (non-hydrogen) atoms. The molecule has 3 aromatic rings. The average molecular weight is 605 g/mol. The van der Waals surface area contributed by atoms with Crippen LogP contribution in [0.1, 0.15) is 38.8 Å². The maximum Gasteiger partial charge on any atom is 0.254 e. The van der Waals surface area contributed by atoms with Gasteiger partial charge in [-0.3, -0.25) is 9.18 Å². The number of ether oxygens (including phenoxy) is 2. The summed E-state index contributed by atoms with van der Waals surface area (Å²) in [5, 5.41) is 0. The molecule has 2 N–H and O–H groups in total. The summed E-state index contributed by atoms with van der Waals surface area (Å²) >= 11 is 4.40. The van der Waals surface area contributed by atoms with Crippen LogP contribution in [0.5, 0.6) is 11.5 Å². The fraction of sp³-hybridized carbons (Fsp3) is 0.321. The lowest BCUT2D eigenvalue weighted by molar-refractivity contribution is 0.0826. The molecule has 0 aliphatic heterocycles. The van der Waals surface area contributed by atoms with Crippen molar-refractivity contribution in [1.82, 2.24) is 9.80 Å². The standard InChI is InChI=1S/C18H23FN2OS.C10H12BrNO2/c1-21(2)13-14-12-15(22-11-5-10-19)8-9-17(14)23-18-7-4-3-6-16(18)20;1-12(2)10(13)8-6-7(14-3)4-5-9(8)11/h3-4,6-9,12H,5,10-11,13,20H2,1-2H3;4-6H,1-3H3/i2*1D3,2D3. The number of para-hydroxylation sites is 1. The van der Waals surface area contributed by atoms with Crippen molar-refractivity contribution in [3.05, 3.63) is 76.3 Å². The Morgan fingerprint density at radius 3 is 2.49 bits per heavy atom. The van der Waals surface area contributed by atoms with Crippen LogP contribution in [0, 0.1) is 0 Å². The van der Waals surface area contributed by atoms with Gasteiger partial charge in [-0.05, 0) is 84.0 Å². The van der Waals surface area contributed by atoms with E-state index in [1.54, 1.807) is 36.4 Å². The molecule has 0 atom stereocenters. The number of nitrogen functional groups attached to an aromatic ring is 1. The number of hydrogen-bond acceptors (Lipinski definition) is 6. The van der Waals surface area contributed by atoms with Crippen molar-refractivity contribution in [2.75, 3.05) is 54.0 Å². The summed E-state index contributed by atoms with van der Waals surface area (Å²) in [6.45, 7) is -12.5. The Bertz CT molecular complexity index is 1530. The van der Waals surface area contributed by atoms with E-state index in [0.717, 1.165) is 4.90 Å². The highest BCUT2D eigenvalue weighted by Crippen LogP contribution is 2.36. The van der Waals surface area contributed by atoms with Gasteiger partial charge in [0.25, 0.3) is 5.91 Å². The van der Waals surface area contributed by atoms with Crippen LogP contribution in [-0.2, 0) is 6.54 Å². The zero-order valence-electron chi connectivity index (χ0n) is 32.0. The summed E-state index contributed by atoms with van der Waals surface area (Å²) in [5.41, 5.74) is 6.91. The number of halogens is 2. The summed E-state index contributed by atoms with van der Waals surface area (Å²) in [6.07, 6.45) is 0.225. The molecule has 6 nitrogen and oxygen atoms in total. The zero-order chi connectivity index (χ0) is 37.4. The number of nitrogens with two attached hydrogens (primary N) is 1. The summed E-state index contributed by atoms with van der Waals surface area (Å²) in [7, 11) is 1.38. The van der Waals surface area contributed by atoms with Gasteiger partial charge in [0.1, 0.15) is 11.5 Å². The zero-order valence-corrected chi connectivity index (χ0v) is 22.4. The largest absolute Gasteiger partial charge is 0.497 e. The number of rotatable bonds is 10. The van der Waals surface area contributed by atoms with Crippen LogP contribution in [0.15, 0.2) is 74.9 Å².